The maximum absolute atomic E-state index is 12.6. The van der Waals surface area contributed by atoms with E-state index in [0.29, 0.717) is 16.9 Å². The Balaban J connectivity index is 1.95. The van der Waals surface area contributed by atoms with Crippen molar-refractivity contribution in [3.63, 3.8) is 0 Å². The second kappa shape index (κ2) is 5.07. The van der Waals surface area contributed by atoms with Gasteiger partial charge in [0.1, 0.15) is 6.29 Å². The molecule has 0 saturated heterocycles. The summed E-state index contributed by atoms with van der Waals surface area (Å²) in [7, 11) is 0. The monoisotopic (exact) mass is 288 g/mol. The molecule has 0 aromatic carbocycles. The Hall–Kier alpha value is -0.920. The van der Waals surface area contributed by atoms with E-state index in [1.165, 1.54) is 25.7 Å². The third-order valence-electron chi connectivity index (χ3n) is 6.96. The highest BCUT2D eigenvalue weighted by molar-refractivity contribution is 5.97. The zero-order chi connectivity index (χ0) is 15.3. The second-order valence-corrected chi connectivity index (χ2v) is 8.47. The molecule has 0 aromatic heterocycles. The Morgan fingerprint density at radius 1 is 1.14 bits per heavy atom. The van der Waals surface area contributed by atoms with Crippen molar-refractivity contribution in [3.05, 3.63) is 11.6 Å². The van der Waals surface area contributed by atoms with Crippen LogP contribution in [-0.4, -0.2) is 12.1 Å². The average molecular weight is 288 g/mol. The molecular weight excluding hydrogens is 260 g/mol. The normalized spacial score (nSPS) is 42.3. The van der Waals surface area contributed by atoms with Crippen LogP contribution in [0.4, 0.5) is 0 Å². The molecule has 2 fully saturated rings. The molecule has 3 rings (SSSR count). The molecule has 0 unspecified atom stereocenters. The Morgan fingerprint density at radius 2 is 1.90 bits per heavy atom. The largest absolute Gasteiger partial charge is 0.298 e. The summed E-state index contributed by atoms with van der Waals surface area (Å²) in [6.45, 7) is 7.28. The van der Waals surface area contributed by atoms with Crippen molar-refractivity contribution < 1.29 is 9.59 Å². The molecule has 2 nitrogen and oxygen atoms in total. The van der Waals surface area contributed by atoms with E-state index in [-0.39, 0.29) is 17.1 Å². The summed E-state index contributed by atoms with van der Waals surface area (Å²) < 4.78 is 0. The molecule has 2 heteroatoms. The molecule has 116 valence electrons. The molecule has 0 N–H and O–H groups in total. The lowest BCUT2D eigenvalue weighted by Crippen LogP contribution is -2.52. The fourth-order valence-corrected chi connectivity index (χ4v) is 5.99. The van der Waals surface area contributed by atoms with Crippen molar-refractivity contribution in [2.45, 2.75) is 65.7 Å². The van der Waals surface area contributed by atoms with Crippen molar-refractivity contribution in [2.75, 3.05) is 0 Å². The van der Waals surface area contributed by atoms with E-state index < -0.39 is 0 Å². The molecule has 3 aliphatic rings. The smallest absolute Gasteiger partial charge is 0.159 e. The minimum Gasteiger partial charge on any atom is -0.298 e. The number of rotatable bonds is 1. The van der Waals surface area contributed by atoms with Crippen LogP contribution >= 0.6 is 0 Å². The maximum Gasteiger partial charge on any atom is 0.159 e. The number of aldehydes is 1. The Morgan fingerprint density at radius 3 is 2.62 bits per heavy atom. The highest BCUT2D eigenvalue weighted by Gasteiger charge is 2.55. The molecule has 0 heterocycles. The highest BCUT2D eigenvalue weighted by Crippen LogP contribution is 2.62. The van der Waals surface area contributed by atoms with Gasteiger partial charge in [-0.15, -0.1) is 0 Å². The maximum atomic E-state index is 12.6. The van der Waals surface area contributed by atoms with Gasteiger partial charge in [-0.2, -0.15) is 0 Å². The van der Waals surface area contributed by atoms with Crippen LogP contribution in [0.15, 0.2) is 11.6 Å². The quantitative estimate of drug-likeness (QED) is 0.673. The SMILES string of the molecule is CC1(C)CCC[C@]2(C)[C@H]3CCC(C=O)=CC(=O)[C@@H]3CC[C@@H]12. The van der Waals surface area contributed by atoms with Gasteiger partial charge in [0.05, 0.1) is 0 Å². The van der Waals surface area contributed by atoms with Crippen LogP contribution in [0.1, 0.15) is 65.7 Å². The van der Waals surface area contributed by atoms with Gasteiger partial charge in [-0.1, -0.05) is 27.2 Å². The minimum atomic E-state index is 0.164. The van der Waals surface area contributed by atoms with Gasteiger partial charge in [-0.3, -0.25) is 9.59 Å². The molecule has 3 aliphatic carbocycles. The van der Waals surface area contributed by atoms with Gasteiger partial charge >= 0.3 is 0 Å². The number of allylic oxidation sites excluding steroid dienone is 2. The zero-order valence-corrected chi connectivity index (χ0v) is 13.7. The third kappa shape index (κ3) is 2.31. The first-order valence-corrected chi connectivity index (χ1v) is 8.58. The van der Waals surface area contributed by atoms with Crippen molar-refractivity contribution in [2.24, 2.45) is 28.6 Å². The van der Waals surface area contributed by atoms with Crippen LogP contribution in [0, 0.1) is 28.6 Å². The Kier molecular flexibility index (Phi) is 3.62. The van der Waals surface area contributed by atoms with Gasteiger partial charge in [0.2, 0.25) is 0 Å². The summed E-state index contributed by atoms with van der Waals surface area (Å²) in [5.74, 6) is 1.59. The van der Waals surface area contributed by atoms with E-state index in [2.05, 4.69) is 20.8 Å². The molecule has 21 heavy (non-hydrogen) atoms. The number of carbonyl (C=O) groups excluding carboxylic acids is 2. The van der Waals surface area contributed by atoms with E-state index in [1.807, 2.05) is 0 Å². The summed E-state index contributed by atoms with van der Waals surface area (Å²) in [5.41, 5.74) is 1.39. The van der Waals surface area contributed by atoms with Gasteiger partial charge < -0.3 is 0 Å². The number of ketones is 1. The summed E-state index contributed by atoms with van der Waals surface area (Å²) in [6.07, 6.45) is 10.4. The van der Waals surface area contributed by atoms with Crippen LogP contribution < -0.4 is 0 Å². The van der Waals surface area contributed by atoms with E-state index in [9.17, 15) is 9.59 Å². The number of hydrogen-bond donors (Lipinski definition) is 0. The van der Waals surface area contributed by atoms with Crippen LogP contribution in [0.25, 0.3) is 0 Å². The molecule has 0 bridgehead atoms. The molecule has 0 aliphatic heterocycles. The predicted octanol–water partition coefficient (Wildman–Crippen LogP) is 4.33. The third-order valence-corrected chi connectivity index (χ3v) is 6.96. The van der Waals surface area contributed by atoms with Crippen molar-refractivity contribution in [3.8, 4) is 0 Å². The zero-order valence-electron chi connectivity index (χ0n) is 13.7. The van der Waals surface area contributed by atoms with Crippen LogP contribution in [0.2, 0.25) is 0 Å². The van der Waals surface area contributed by atoms with Crippen molar-refractivity contribution >= 4 is 12.1 Å². The summed E-state index contributed by atoms with van der Waals surface area (Å²) in [4.78, 5) is 23.7. The summed E-state index contributed by atoms with van der Waals surface area (Å²) >= 11 is 0. The van der Waals surface area contributed by atoms with Gasteiger partial charge in [0.15, 0.2) is 5.78 Å². The summed E-state index contributed by atoms with van der Waals surface area (Å²) in [5, 5.41) is 0. The standard InChI is InChI=1S/C19H28O2/c1-18(2)9-4-10-19(3)15-7-5-13(12-20)11-16(21)14(15)6-8-17(18)19/h11-12,14-15,17H,4-10H2,1-3H3/t14-,15+,17+,19-/m1/s1. The molecule has 0 amide bonds. The Labute approximate surface area is 128 Å². The lowest BCUT2D eigenvalue weighted by molar-refractivity contribution is -0.135. The number of hydrogen-bond acceptors (Lipinski definition) is 2. The molecule has 0 radical (unpaired) electrons. The first-order valence-electron chi connectivity index (χ1n) is 8.58. The van der Waals surface area contributed by atoms with Crippen LogP contribution in [0.5, 0.6) is 0 Å². The Bertz CT molecular complexity index is 488. The fraction of sp³-hybridized carbons (Fsp3) is 0.789. The van der Waals surface area contributed by atoms with Crippen LogP contribution in [0.3, 0.4) is 0 Å². The first-order chi connectivity index (χ1) is 9.88. The van der Waals surface area contributed by atoms with E-state index in [1.54, 1.807) is 6.08 Å². The van der Waals surface area contributed by atoms with Gasteiger partial charge in [-0.25, -0.2) is 0 Å². The van der Waals surface area contributed by atoms with E-state index in [0.717, 1.165) is 31.5 Å². The lowest BCUT2D eigenvalue weighted by atomic mass is 9.46. The van der Waals surface area contributed by atoms with Crippen LogP contribution in [-0.2, 0) is 9.59 Å². The predicted molar refractivity (Wildman–Crippen MR) is 83.8 cm³/mol. The van der Waals surface area contributed by atoms with E-state index >= 15 is 0 Å². The highest BCUT2D eigenvalue weighted by atomic mass is 16.1. The lowest BCUT2D eigenvalue weighted by Gasteiger charge is -2.59. The molecule has 4 atom stereocenters. The molecule has 0 aromatic rings. The summed E-state index contributed by atoms with van der Waals surface area (Å²) in [6, 6.07) is 0. The second-order valence-electron chi connectivity index (χ2n) is 8.47. The fourth-order valence-electron chi connectivity index (χ4n) is 5.99. The van der Waals surface area contributed by atoms with Gasteiger partial charge in [0, 0.05) is 5.92 Å². The minimum absolute atomic E-state index is 0.164. The van der Waals surface area contributed by atoms with Crippen molar-refractivity contribution in [1.29, 1.82) is 0 Å². The molecule has 2 saturated carbocycles. The number of carbonyl (C=O) groups is 2. The molecule has 0 spiro atoms. The van der Waals surface area contributed by atoms with Crippen molar-refractivity contribution in [1.82, 2.24) is 0 Å². The average Bonchev–Trinajstić information content (AvgIpc) is 2.58. The topological polar surface area (TPSA) is 34.1 Å². The number of fused-ring (bicyclic) bond motifs is 3. The van der Waals surface area contributed by atoms with Gasteiger partial charge in [0.25, 0.3) is 0 Å². The van der Waals surface area contributed by atoms with Gasteiger partial charge in [-0.05, 0) is 72.8 Å². The molecular formula is C19H28O2. The van der Waals surface area contributed by atoms with E-state index in [4.69, 9.17) is 0 Å². The first kappa shape index (κ1) is 15.0.